The van der Waals surface area contributed by atoms with Crippen molar-refractivity contribution in [3.63, 3.8) is 0 Å². The summed E-state index contributed by atoms with van der Waals surface area (Å²) in [4.78, 5) is 0. The number of halogens is 2. The van der Waals surface area contributed by atoms with Crippen molar-refractivity contribution in [3.8, 4) is 0 Å². The predicted octanol–water partition coefficient (Wildman–Crippen LogP) is 3.08. The van der Waals surface area contributed by atoms with E-state index in [4.69, 9.17) is 5.11 Å². The van der Waals surface area contributed by atoms with Crippen LogP contribution < -0.4 is 0 Å². The Bertz CT molecular complexity index is 312. The van der Waals surface area contributed by atoms with Crippen molar-refractivity contribution in [1.82, 2.24) is 0 Å². The summed E-state index contributed by atoms with van der Waals surface area (Å²) >= 11 is 3.19. The summed E-state index contributed by atoms with van der Waals surface area (Å²) in [6.07, 6.45) is 2.21. The minimum atomic E-state index is -0.166. The third kappa shape index (κ3) is 2.79. The Kier molecular flexibility index (Phi) is 4.55. The zero-order chi connectivity index (χ0) is 10.6. The molecule has 0 radical (unpaired) electrons. The fourth-order valence-corrected chi connectivity index (χ4v) is 1.94. The Morgan fingerprint density at radius 3 is 2.71 bits per heavy atom. The van der Waals surface area contributed by atoms with Crippen molar-refractivity contribution in [2.75, 3.05) is 6.61 Å². The first kappa shape index (κ1) is 11.7. The van der Waals surface area contributed by atoms with Crippen molar-refractivity contribution in [1.29, 1.82) is 0 Å². The summed E-state index contributed by atoms with van der Waals surface area (Å²) in [6.45, 7) is 2.11. The van der Waals surface area contributed by atoms with Crippen LogP contribution in [0.2, 0.25) is 0 Å². The number of aryl methyl sites for hydroxylation is 2. The number of benzene rings is 1. The highest BCUT2D eigenvalue weighted by molar-refractivity contribution is 9.10. The van der Waals surface area contributed by atoms with Crippen LogP contribution in [0.5, 0.6) is 0 Å². The van der Waals surface area contributed by atoms with E-state index in [0.29, 0.717) is 10.9 Å². The summed E-state index contributed by atoms with van der Waals surface area (Å²) in [5.74, 6) is -0.166. The molecule has 0 aliphatic rings. The summed E-state index contributed by atoms with van der Waals surface area (Å²) in [5, 5.41) is 8.69. The van der Waals surface area contributed by atoms with Crippen LogP contribution in [-0.2, 0) is 12.8 Å². The minimum absolute atomic E-state index is 0.166. The van der Waals surface area contributed by atoms with Gasteiger partial charge in [0.2, 0.25) is 0 Å². The van der Waals surface area contributed by atoms with Crippen molar-refractivity contribution >= 4 is 15.9 Å². The molecule has 1 aromatic rings. The third-order valence-corrected chi connectivity index (χ3v) is 2.74. The fourth-order valence-electron chi connectivity index (χ4n) is 1.39. The van der Waals surface area contributed by atoms with E-state index in [9.17, 15) is 4.39 Å². The topological polar surface area (TPSA) is 20.2 Å². The highest BCUT2D eigenvalue weighted by Crippen LogP contribution is 2.22. The molecule has 0 amide bonds. The number of hydrogen-bond acceptors (Lipinski definition) is 1. The van der Waals surface area contributed by atoms with E-state index in [1.165, 1.54) is 0 Å². The van der Waals surface area contributed by atoms with Gasteiger partial charge in [0.05, 0.1) is 4.47 Å². The Balaban J connectivity index is 2.91. The van der Waals surface area contributed by atoms with Crippen LogP contribution in [0.1, 0.15) is 24.5 Å². The molecule has 1 rings (SSSR count). The lowest BCUT2D eigenvalue weighted by Crippen LogP contribution is -1.95. The standard InChI is InChI=1S/C11H14BrFO/c1-2-9-6-8(4-3-5-14)7-10(12)11(9)13/h6-7,14H,2-5H2,1H3. The molecule has 0 aromatic heterocycles. The van der Waals surface area contributed by atoms with Gasteiger partial charge >= 0.3 is 0 Å². The van der Waals surface area contributed by atoms with Crippen molar-refractivity contribution in [2.45, 2.75) is 26.2 Å². The SMILES string of the molecule is CCc1cc(CCCO)cc(Br)c1F. The highest BCUT2D eigenvalue weighted by Gasteiger charge is 2.07. The molecule has 0 unspecified atom stereocenters. The van der Waals surface area contributed by atoms with Crippen LogP contribution in [0.25, 0.3) is 0 Å². The maximum Gasteiger partial charge on any atom is 0.140 e. The molecule has 3 heteroatoms. The largest absolute Gasteiger partial charge is 0.396 e. The van der Waals surface area contributed by atoms with Crippen molar-refractivity contribution < 1.29 is 9.50 Å². The molecule has 78 valence electrons. The van der Waals surface area contributed by atoms with Crippen LogP contribution in [-0.4, -0.2) is 11.7 Å². The molecule has 1 aromatic carbocycles. The maximum atomic E-state index is 13.4. The van der Waals surface area contributed by atoms with E-state index in [-0.39, 0.29) is 12.4 Å². The molecule has 0 saturated carbocycles. The Labute approximate surface area is 92.1 Å². The molecule has 1 N–H and O–H groups in total. The van der Waals surface area contributed by atoms with Gasteiger partial charge in [0.1, 0.15) is 5.82 Å². The number of aliphatic hydroxyl groups is 1. The summed E-state index contributed by atoms with van der Waals surface area (Å²) in [6, 6.07) is 3.65. The van der Waals surface area contributed by atoms with Gasteiger partial charge in [-0.3, -0.25) is 0 Å². The molecular formula is C11H14BrFO. The maximum absolute atomic E-state index is 13.4. The van der Waals surface area contributed by atoms with Crippen LogP contribution in [0.4, 0.5) is 4.39 Å². The summed E-state index contributed by atoms with van der Waals surface area (Å²) < 4.78 is 13.9. The van der Waals surface area contributed by atoms with Gasteiger partial charge in [-0.1, -0.05) is 13.0 Å². The summed E-state index contributed by atoms with van der Waals surface area (Å²) in [5.41, 5.74) is 1.80. The fraction of sp³-hybridized carbons (Fsp3) is 0.455. The minimum Gasteiger partial charge on any atom is -0.396 e. The van der Waals surface area contributed by atoms with E-state index in [1.54, 1.807) is 6.07 Å². The Morgan fingerprint density at radius 2 is 2.14 bits per heavy atom. The van der Waals surface area contributed by atoms with Crippen molar-refractivity contribution in [3.05, 3.63) is 33.5 Å². The molecule has 0 fully saturated rings. The zero-order valence-electron chi connectivity index (χ0n) is 8.19. The van der Waals surface area contributed by atoms with Gasteiger partial charge < -0.3 is 5.11 Å². The molecule has 0 spiro atoms. The highest BCUT2D eigenvalue weighted by atomic mass is 79.9. The predicted molar refractivity (Wildman–Crippen MR) is 58.9 cm³/mol. The van der Waals surface area contributed by atoms with Crippen LogP contribution in [0, 0.1) is 5.82 Å². The molecule has 0 aliphatic carbocycles. The van der Waals surface area contributed by atoms with E-state index in [0.717, 1.165) is 24.0 Å². The average Bonchev–Trinajstić information content (AvgIpc) is 2.19. The molecule has 0 saturated heterocycles. The number of hydrogen-bond donors (Lipinski definition) is 1. The smallest absolute Gasteiger partial charge is 0.140 e. The normalized spacial score (nSPS) is 10.6. The second-order valence-electron chi connectivity index (χ2n) is 3.23. The quantitative estimate of drug-likeness (QED) is 0.883. The Hall–Kier alpha value is -0.410. The van der Waals surface area contributed by atoms with Gasteiger partial charge in [0.15, 0.2) is 0 Å². The third-order valence-electron chi connectivity index (χ3n) is 2.17. The molecule has 0 aliphatic heterocycles. The zero-order valence-corrected chi connectivity index (χ0v) is 9.77. The Morgan fingerprint density at radius 1 is 1.43 bits per heavy atom. The second kappa shape index (κ2) is 5.47. The lowest BCUT2D eigenvalue weighted by molar-refractivity contribution is 0.288. The van der Waals surface area contributed by atoms with E-state index < -0.39 is 0 Å². The first-order chi connectivity index (χ1) is 6.69. The van der Waals surface area contributed by atoms with Gasteiger partial charge in [-0.15, -0.1) is 0 Å². The number of aliphatic hydroxyl groups excluding tert-OH is 1. The van der Waals surface area contributed by atoms with Crippen LogP contribution in [0.3, 0.4) is 0 Å². The van der Waals surface area contributed by atoms with E-state index in [1.807, 2.05) is 13.0 Å². The number of rotatable bonds is 4. The molecule has 0 bridgehead atoms. The molecule has 1 nitrogen and oxygen atoms in total. The molecule has 0 heterocycles. The van der Waals surface area contributed by atoms with Gasteiger partial charge in [0.25, 0.3) is 0 Å². The second-order valence-corrected chi connectivity index (χ2v) is 4.09. The van der Waals surface area contributed by atoms with Crippen LogP contribution >= 0.6 is 15.9 Å². The monoisotopic (exact) mass is 260 g/mol. The first-order valence-electron chi connectivity index (χ1n) is 4.76. The lowest BCUT2D eigenvalue weighted by Gasteiger charge is -2.06. The molecular weight excluding hydrogens is 247 g/mol. The molecule has 14 heavy (non-hydrogen) atoms. The van der Waals surface area contributed by atoms with Crippen molar-refractivity contribution in [2.24, 2.45) is 0 Å². The lowest BCUT2D eigenvalue weighted by atomic mass is 10.0. The summed E-state index contributed by atoms with van der Waals surface area (Å²) in [7, 11) is 0. The van der Waals surface area contributed by atoms with Crippen LogP contribution in [0.15, 0.2) is 16.6 Å². The first-order valence-corrected chi connectivity index (χ1v) is 5.56. The average molecular weight is 261 g/mol. The van der Waals surface area contributed by atoms with E-state index >= 15 is 0 Å². The van der Waals surface area contributed by atoms with E-state index in [2.05, 4.69) is 15.9 Å². The molecule has 0 atom stereocenters. The van der Waals surface area contributed by atoms with Gasteiger partial charge in [-0.25, -0.2) is 4.39 Å². The van der Waals surface area contributed by atoms with Gasteiger partial charge in [0, 0.05) is 6.61 Å². The van der Waals surface area contributed by atoms with Gasteiger partial charge in [-0.2, -0.15) is 0 Å². The van der Waals surface area contributed by atoms with Gasteiger partial charge in [-0.05, 0) is 52.4 Å².